The Hall–Kier alpha value is -4.80. The number of rotatable bonds is 7. The van der Waals surface area contributed by atoms with Crippen molar-refractivity contribution in [1.82, 2.24) is 29.5 Å². The van der Waals surface area contributed by atoms with E-state index in [0.717, 1.165) is 12.8 Å². The van der Waals surface area contributed by atoms with Crippen molar-refractivity contribution in [2.45, 2.75) is 23.9 Å². The molecule has 2 aliphatic rings. The van der Waals surface area contributed by atoms with Crippen molar-refractivity contribution < 1.29 is 22.7 Å². The molecule has 12 nitrogen and oxygen atoms in total. The first-order valence-electron chi connectivity index (χ1n) is 13.4. The molecule has 3 aromatic heterocycles. The number of aromatic amines is 1. The minimum atomic E-state index is -3.96. The molecule has 1 aromatic carbocycles. The molecule has 4 heterocycles. The third kappa shape index (κ3) is 5.29. The van der Waals surface area contributed by atoms with Crippen molar-refractivity contribution in [1.29, 1.82) is 0 Å². The van der Waals surface area contributed by atoms with Crippen molar-refractivity contribution in [3.63, 3.8) is 0 Å². The quantitative estimate of drug-likeness (QED) is 0.188. The number of nitrogens with zero attached hydrogens (tertiary/aromatic N) is 5. The molecule has 1 unspecified atom stereocenters. The van der Waals surface area contributed by atoms with Gasteiger partial charge in [-0.1, -0.05) is 5.92 Å². The summed E-state index contributed by atoms with van der Waals surface area (Å²) in [6, 6.07) is 11.0. The van der Waals surface area contributed by atoms with Crippen molar-refractivity contribution in [2.75, 3.05) is 26.2 Å². The molecule has 0 radical (unpaired) electrons. The fourth-order valence-electron chi connectivity index (χ4n) is 5.02. The first kappa shape index (κ1) is 27.4. The highest BCUT2D eigenvalue weighted by molar-refractivity contribution is 7.89. The number of H-pyrrole nitrogens is 1. The van der Waals surface area contributed by atoms with E-state index in [-0.39, 0.29) is 48.9 Å². The Balaban J connectivity index is 1.24. The van der Waals surface area contributed by atoms with E-state index in [4.69, 9.17) is 6.42 Å². The number of nitrogens with one attached hydrogen (secondary N) is 2. The van der Waals surface area contributed by atoms with Crippen LogP contribution >= 0.6 is 0 Å². The summed E-state index contributed by atoms with van der Waals surface area (Å²) in [7, 11) is -3.96. The van der Waals surface area contributed by atoms with Crippen LogP contribution in [-0.2, 0) is 14.8 Å². The first-order valence-corrected chi connectivity index (χ1v) is 14.9. The van der Waals surface area contributed by atoms with Gasteiger partial charge in [0.15, 0.2) is 6.20 Å². The van der Waals surface area contributed by atoms with Gasteiger partial charge in [0.05, 0.1) is 11.6 Å². The van der Waals surface area contributed by atoms with Crippen LogP contribution in [0.25, 0.3) is 22.2 Å². The van der Waals surface area contributed by atoms with Crippen LogP contribution in [0, 0.1) is 23.5 Å². The topological polar surface area (TPSA) is 155 Å². The monoisotopic (exact) mass is 585 g/mol. The van der Waals surface area contributed by atoms with Gasteiger partial charge in [-0.05, 0) is 43.2 Å². The number of pyridine rings is 1. The SMILES string of the molecule is C#Cc1ccc2[nH]c(S(=O)(=O)N3CCN(C(=O)c4ncc(-c5cccc[n+]5[O-])cn4)C(CNC(=O)C4CC4)C3)cc2c1. The van der Waals surface area contributed by atoms with Crippen molar-refractivity contribution in [2.24, 2.45) is 5.92 Å². The number of terminal acetylenes is 1. The number of fused-ring (bicyclic) bond motifs is 1. The number of benzene rings is 1. The zero-order valence-electron chi connectivity index (χ0n) is 22.4. The molecule has 2 N–H and O–H groups in total. The molecule has 0 bridgehead atoms. The molecule has 1 saturated carbocycles. The van der Waals surface area contributed by atoms with Gasteiger partial charge in [-0.3, -0.25) is 9.59 Å². The predicted molar refractivity (Wildman–Crippen MR) is 152 cm³/mol. The van der Waals surface area contributed by atoms with Crippen LogP contribution in [0.2, 0.25) is 0 Å². The lowest BCUT2D eigenvalue weighted by Crippen LogP contribution is -2.60. The zero-order valence-corrected chi connectivity index (χ0v) is 23.3. The molecular weight excluding hydrogens is 558 g/mol. The maximum atomic E-state index is 13.7. The summed E-state index contributed by atoms with van der Waals surface area (Å²) in [4.78, 5) is 38.8. The van der Waals surface area contributed by atoms with Gasteiger partial charge in [-0.15, -0.1) is 6.42 Å². The Kier molecular flexibility index (Phi) is 7.09. The number of amides is 2. The maximum absolute atomic E-state index is 13.7. The number of carbonyl (C=O) groups is 2. The molecule has 1 aliphatic heterocycles. The fourth-order valence-corrected chi connectivity index (χ4v) is 6.50. The van der Waals surface area contributed by atoms with Gasteiger partial charge in [0.2, 0.25) is 17.4 Å². The summed E-state index contributed by atoms with van der Waals surface area (Å²) in [6.07, 6.45) is 11.3. The van der Waals surface area contributed by atoms with E-state index in [2.05, 4.69) is 26.2 Å². The molecular formula is C29H27N7O5S. The number of piperazine rings is 1. The van der Waals surface area contributed by atoms with Crippen LogP contribution in [-0.4, -0.2) is 76.6 Å². The fraction of sp³-hybridized carbons (Fsp3) is 0.276. The minimum Gasteiger partial charge on any atom is -0.618 e. The smallest absolute Gasteiger partial charge is 0.292 e. The van der Waals surface area contributed by atoms with Gasteiger partial charge in [0.1, 0.15) is 5.03 Å². The Morgan fingerprint density at radius 3 is 2.64 bits per heavy atom. The maximum Gasteiger partial charge on any atom is 0.292 e. The van der Waals surface area contributed by atoms with Gasteiger partial charge >= 0.3 is 0 Å². The largest absolute Gasteiger partial charge is 0.618 e. The third-order valence-corrected chi connectivity index (χ3v) is 9.30. The van der Waals surface area contributed by atoms with E-state index >= 15 is 0 Å². The van der Waals surface area contributed by atoms with E-state index in [1.807, 2.05) is 0 Å². The normalized spacial score (nSPS) is 17.6. The van der Waals surface area contributed by atoms with Gasteiger partial charge < -0.3 is 20.4 Å². The second-order valence-corrected chi connectivity index (χ2v) is 12.2. The molecule has 4 aromatic rings. The zero-order chi connectivity index (χ0) is 29.4. The van der Waals surface area contributed by atoms with E-state index in [1.165, 1.54) is 27.8 Å². The van der Waals surface area contributed by atoms with Crippen molar-refractivity contribution in [3.8, 4) is 23.6 Å². The highest BCUT2D eigenvalue weighted by atomic mass is 32.2. The Bertz CT molecular complexity index is 1830. The number of aromatic nitrogens is 4. The van der Waals surface area contributed by atoms with E-state index < -0.39 is 22.0 Å². The van der Waals surface area contributed by atoms with Gasteiger partial charge in [-0.2, -0.15) is 9.04 Å². The van der Waals surface area contributed by atoms with Crippen LogP contribution in [0.1, 0.15) is 29.0 Å². The van der Waals surface area contributed by atoms with E-state index in [0.29, 0.717) is 32.5 Å². The van der Waals surface area contributed by atoms with Crippen molar-refractivity contribution in [3.05, 3.63) is 77.7 Å². The predicted octanol–water partition coefficient (Wildman–Crippen LogP) is 1.28. The second kappa shape index (κ2) is 10.9. The lowest BCUT2D eigenvalue weighted by atomic mass is 10.1. The third-order valence-electron chi connectivity index (χ3n) is 7.51. The van der Waals surface area contributed by atoms with Crippen LogP contribution < -0.4 is 10.0 Å². The lowest BCUT2D eigenvalue weighted by Gasteiger charge is -2.40. The highest BCUT2D eigenvalue weighted by Crippen LogP contribution is 2.29. The standard InChI is InChI=1S/C29H27N7O5S/c1-2-19-6-9-24-21(13-19)14-26(33-24)42(40,41)34-11-12-35(23(18-34)17-32-28(37)20-7-8-20)29(38)27-30-15-22(16-31-27)25-5-3-4-10-36(25)39/h1,3-6,9-10,13-16,20,23,33H,7-8,11-12,17-18H2,(H,32,37). The summed E-state index contributed by atoms with van der Waals surface area (Å²) in [5, 5.41) is 15.7. The van der Waals surface area contributed by atoms with Crippen LogP contribution in [0.5, 0.6) is 0 Å². The van der Waals surface area contributed by atoms with Crippen molar-refractivity contribution >= 4 is 32.7 Å². The molecule has 1 atom stereocenters. The molecule has 2 amide bonds. The molecule has 0 spiro atoms. The van der Waals surface area contributed by atoms with Gasteiger partial charge in [0.25, 0.3) is 15.9 Å². The Morgan fingerprint density at radius 1 is 1.14 bits per heavy atom. The molecule has 6 rings (SSSR count). The molecule has 1 aliphatic carbocycles. The van der Waals surface area contributed by atoms with E-state index in [9.17, 15) is 23.2 Å². The Labute approximate surface area is 242 Å². The summed E-state index contributed by atoms with van der Waals surface area (Å²) >= 11 is 0. The minimum absolute atomic E-state index is 0.0164. The molecule has 214 valence electrons. The molecule has 42 heavy (non-hydrogen) atoms. The summed E-state index contributed by atoms with van der Waals surface area (Å²) in [6.45, 7) is 0.129. The molecule has 1 saturated heterocycles. The molecule has 2 fully saturated rings. The number of carbonyl (C=O) groups excluding carboxylic acids is 2. The van der Waals surface area contributed by atoms with E-state index in [1.54, 1.807) is 42.5 Å². The average molecular weight is 586 g/mol. The summed E-state index contributed by atoms with van der Waals surface area (Å²) < 4.78 is 29.3. The highest BCUT2D eigenvalue weighted by Gasteiger charge is 2.39. The Morgan fingerprint density at radius 2 is 1.93 bits per heavy atom. The van der Waals surface area contributed by atoms with Crippen LogP contribution in [0.4, 0.5) is 0 Å². The average Bonchev–Trinajstić information content (AvgIpc) is 3.77. The number of sulfonamides is 1. The summed E-state index contributed by atoms with van der Waals surface area (Å²) in [5.41, 5.74) is 2.05. The lowest BCUT2D eigenvalue weighted by molar-refractivity contribution is -0.593. The second-order valence-electron chi connectivity index (χ2n) is 10.3. The van der Waals surface area contributed by atoms with Gasteiger partial charge in [-0.25, -0.2) is 18.4 Å². The van der Waals surface area contributed by atoms with Gasteiger partial charge in [0, 0.05) is 73.1 Å². The van der Waals surface area contributed by atoms with Crippen LogP contribution in [0.3, 0.4) is 0 Å². The number of hydrogen-bond acceptors (Lipinski definition) is 7. The summed E-state index contributed by atoms with van der Waals surface area (Å²) in [5.74, 6) is 1.79. The number of hydrogen-bond donors (Lipinski definition) is 2. The molecule has 13 heteroatoms. The first-order chi connectivity index (χ1) is 20.2. The van der Waals surface area contributed by atoms with Crippen LogP contribution in [0.15, 0.2) is 66.1 Å².